The first-order valence-electron chi connectivity index (χ1n) is 13.1. The lowest BCUT2D eigenvalue weighted by Gasteiger charge is -2.29. The molecule has 2 aliphatic rings. The number of urea groups is 1. The Morgan fingerprint density at radius 2 is 1.82 bits per heavy atom. The molecule has 0 saturated carbocycles. The number of hydrogen-bond acceptors (Lipinski definition) is 5. The van der Waals surface area contributed by atoms with E-state index >= 15 is 0 Å². The van der Waals surface area contributed by atoms with Crippen LogP contribution in [-0.4, -0.2) is 65.0 Å². The summed E-state index contributed by atoms with van der Waals surface area (Å²) in [4.78, 5) is 43.1. The Balaban J connectivity index is 1.31. The van der Waals surface area contributed by atoms with Crippen LogP contribution in [0.15, 0.2) is 76.9 Å². The first-order chi connectivity index (χ1) is 18.7. The second-order valence-corrected chi connectivity index (χ2v) is 9.86. The highest BCUT2D eigenvalue weighted by Gasteiger charge is 2.41. The number of carboxylic acid groups (broad SMARTS) is 2. The monoisotopic (exact) mass is 530 g/mol. The van der Waals surface area contributed by atoms with E-state index in [0.29, 0.717) is 23.5 Å². The number of carboxylic acids is 2. The van der Waals surface area contributed by atoms with Gasteiger partial charge in [0.2, 0.25) is 0 Å². The minimum Gasteiger partial charge on any atom is -0.481 e. The highest BCUT2D eigenvalue weighted by atomic mass is 16.4. The molecule has 0 radical (unpaired) electrons. The smallest absolute Gasteiger partial charge is 0.334 e. The number of allylic oxidation sites excluding steroid dienone is 1. The predicted molar refractivity (Wildman–Crippen MR) is 151 cm³/mol. The quantitative estimate of drug-likeness (QED) is 0.350. The number of benzene rings is 2. The number of amides is 2. The van der Waals surface area contributed by atoms with Gasteiger partial charge in [-0.1, -0.05) is 48.5 Å². The van der Waals surface area contributed by atoms with Crippen LogP contribution in [0, 0.1) is 5.92 Å². The van der Waals surface area contributed by atoms with Crippen molar-refractivity contribution in [2.45, 2.75) is 32.6 Å². The number of nitrogens with one attached hydrogen (secondary N) is 2. The molecule has 2 atom stereocenters. The minimum atomic E-state index is -1.21. The number of rotatable bonds is 9. The first-order valence-corrected chi connectivity index (χ1v) is 13.1. The van der Waals surface area contributed by atoms with E-state index in [-0.39, 0.29) is 17.3 Å². The number of hydrogen-bond donors (Lipinski definition) is 4. The van der Waals surface area contributed by atoms with Crippen molar-refractivity contribution < 1.29 is 24.6 Å². The third-order valence-corrected chi connectivity index (χ3v) is 7.20. The van der Waals surface area contributed by atoms with E-state index in [1.165, 1.54) is 11.1 Å². The zero-order valence-electron chi connectivity index (χ0n) is 22.2. The summed E-state index contributed by atoms with van der Waals surface area (Å²) in [5.74, 6) is -4.40. The third-order valence-electron chi connectivity index (χ3n) is 7.20. The Labute approximate surface area is 227 Å². The molecule has 0 aromatic heterocycles. The SMILES string of the molecule is CC1=NC(C)=C(C(=O)O)C(c2cccc(NC(=O)NCCCN3CC=C(c4ccccc4)CC3)c2)C1C(=O)O. The van der Waals surface area contributed by atoms with Crippen LogP contribution in [-0.2, 0) is 9.59 Å². The molecule has 9 heteroatoms. The molecule has 9 nitrogen and oxygen atoms in total. The molecule has 204 valence electrons. The maximum absolute atomic E-state index is 12.5. The molecule has 2 heterocycles. The van der Waals surface area contributed by atoms with E-state index in [2.05, 4.69) is 50.9 Å². The zero-order valence-corrected chi connectivity index (χ0v) is 22.2. The number of carbonyl (C=O) groups is 3. The molecule has 0 aliphatic carbocycles. The Bertz CT molecular complexity index is 1330. The van der Waals surface area contributed by atoms with E-state index in [1.807, 2.05) is 6.07 Å². The largest absolute Gasteiger partial charge is 0.481 e. The molecule has 2 aliphatic heterocycles. The Morgan fingerprint density at radius 1 is 1.05 bits per heavy atom. The van der Waals surface area contributed by atoms with Crippen molar-refractivity contribution >= 4 is 34.9 Å². The second kappa shape index (κ2) is 12.5. The van der Waals surface area contributed by atoms with Crippen molar-refractivity contribution in [2.24, 2.45) is 10.9 Å². The highest BCUT2D eigenvalue weighted by molar-refractivity contribution is 6.06. The average Bonchev–Trinajstić information content (AvgIpc) is 2.91. The van der Waals surface area contributed by atoms with Crippen molar-refractivity contribution in [1.82, 2.24) is 10.2 Å². The van der Waals surface area contributed by atoms with Crippen molar-refractivity contribution in [3.05, 3.63) is 83.1 Å². The summed E-state index contributed by atoms with van der Waals surface area (Å²) in [6.07, 6.45) is 4.07. The normalized spacial score (nSPS) is 19.6. The Hall–Kier alpha value is -4.24. The fraction of sp³-hybridized carbons (Fsp3) is 0.333. The van der Waals surface area contributed by atoms with Gasteiger partial charge in [0, 0.05) is 49.2 Å². The predicted octanol–water partition coefficient (Wildman–Crippen LogP) is 4.61. The van der Waals surface area contributed by atoms with Crippen molar-refractivity contribution in [2.75, 3.05) is 31.5 Å². The van der Waals surface area contributed by atoms with Crippen molar-refractivity contribution in [3.63, 3.8) is 0 Å². The molecule has 0 fully saturated rings. The van der Waals surface area contributed by atoms with Gasteiger partial charge in [-0.3, -0.25) is 14.7 Å². The van der Waals surface area contributed by atoms with Gasteiger partial charge in [-0.05, 0) is 55.5 Å². The van der Waals surface area contributed by atoms with Gasteiger partial charge in [-0.25, -0.2) is 9.59 Å². The van der Waals surface area contributed by atoms with E-state index < -0.39 is 23.8 Å². The van der Waals surface area contributed by atoms with Crippen LogP contribution in [0.1, 0.15) is 43.7 Å². The van der Waals surface area contributed by atoms with Gasteiger partial charge in [0.25, 0.3) is 0 Å². The number of anilines is 1. The Kier molecular flexibility index (Phi) is 8.93. The van der Waals surface area contributed by atoms with Crippen LogP contribution in [0.3, 0.4) is 0 Å². The molecule has 0 spiro atoms. The second-order valence-electron chi connectivity index (χ2n) is 9.86. The van der Waals surface area contributed by atoms with Crippen molar-refractivity contribution in [1.29, 1.82) is 0 Å². The lowest BCUT2D eigenvalue weighted by Crippen LogP contribution is -2.35. The first kappa shape index (κ1) is 27.8. The van der Waals surface area contributed by atoms with Crippen LogP contribution < -0.4 is 10.6 Å². The molecule has 2 amide bonds. The summed E-state index contributed by atoms with van der Waals surface area (Å²) in [5, 5.41) is 25.3. The number of nitrogens with zero attached hydrogens (tertiary/aromatic N) is 2. The molecule has 39 heavy (non-hydrogen) atoms. The van der Waals surface area contributed by atoms with Gasteiger partial charge in [0.05, 0.1) is 5.57 Å². The molecule has 4 rings (SSSR count). The maximum Gasteiger partial charge on any atom is 0.334 e. The highest BCUT2D eigenvalue weighted by Crippen LogP contribution is 2.39. The molecule has 2 unspecified atom stereocenters. The summed E-state index contributed by atoms with van der Waals surface area (Å²) in [6, 6.07) is 16.7. The molecular weight excluding hydrogens is 496 g/mol. The fourth-order valence-corrected chi connectivity index (χ4v) is 5.31. The lowest BCUT2D eigenvalue weighted by atomic mass is 9.75. The van der Waals surface area contributed by atoms with Crippen LogP contribution in [0.5, 0.6) is 0 Å². The summed E-state index contributed by atoms with van der Waals surface area (Å²) in [6.45, 7) is 6.40. The summed E-state index contributed by atoms with van der Waals surface area (Å²) >= 11 is 0. The van der Waals surface area contributed by atoms with Gasteiger partial charge in [0.1, 0.15) is 5.92 Å². The average molecular weight is 531 g/mol. The van der Waals surface area contributed by atoms with Crippen LogP contribution in [0.4, 0.5) is 10.5 Å². The molecule has 2 aromatic rings. The lowest BCUT2D eigenvalue weighted by molar-refractivity contribution is -0.140. The van der Waals surface area contributed by atoms with E-state index in [1.54, 1.807) is 38.1 Å². The van der Waals surface area contributed by atoms with Gasteiger partial charge in [-0.2, -0.15) is 0 Å². The van der Waals surface area contributed by atoms with Crippen LogP contribution >= 0.6 is 0 Å². The Morgan fingerprint density at radius 3 is 2.49 bits per heavy atom. The zero-order chi connectivity index (χ0) is 27.9. The maximum atomic E-state index is 12.5. The van der Waals surface area contributed by atoms with Crippen LogP contribution in [0.2, 0.25) is 0 Å². The topological polar surface area (TPSA) is 131 Å². The molecule has 2 aromatic carbocycles. The molecular formula is C30H34N4O5. The summed E-state index contributed by atoms with van der Waals surface area (Å²) in [5.41, 5.74) is 4.14. The number of aliphatic carboxylic acids is 2. The summed E-state index contributed by atoms with van der Waals surface area (Å²) in [7, 11) is 0. The van der Waals surface area contributed by atoms with Gasteiger partial charge in [0.15, 0.2) is 0 Å². The summed E-state index contributed by atoms with van der Waals surface area (Å²) < 4.78 is 0. The van der Waals surface area contributed by atoms with E-state index in [9.17, 15) is 24.6 Å². The third kappa shape index (κ3) is 6.80. The van der Waals surface area contributed by atoms with Gasteiger partial charge < -0.3 is 20.8 Å². The standard InChI is InChI=1S/C30H34N4O5/c1-19-25(28(35)36)27(26(29(37)38)20(2)32-19)23-10-6-11-24(18-23)33-30(39)31-14-7-15-34-16-12-22(13-17-34)21-8-4-3-5-9-21/h3-6,8-12,18,25,27H,7,13-17H2,1-2H3,(H,35,36)(H,37,38)(H2,31,33,39). The van der Waals surface area contributed by atoms with Gasteiger partial charge >= 0.3 is 18.0 Å². The van der Waals surface area contributed by atoms with Crippen molar-refractivity contribution in [3.8, 4) is 0 Å². The molecule has 0 saturated heterocycles. The molecule has 0 bridgehead atoms. The van der Waals surface area contributed by atoms with E-state index in [0.717, 1.165) is 32.5 Å². The van der Waals surface area contributed by atoms with Gasteiger partial charge in [-0.15, -0.1) is 0 Å². The number of carbonyl (C=O) groups excluding carboxylic acids is 1. The van der Waals surface area contributed by atoms with E-state index in [4.69, 9.17) is 0 Å². The minimum absolute atomic E-state index is 0.0574. The molecule has 4 N–H and O–H groups in total. The van der Waals surface area contributed by atoms with Crippen LogP contribution in [0.25, 0.3) is 5.57 Å². The number of aliphatic imine (C=N–C) groups is 1. The fourth-order valence-electron chi connectivity index (χ4n) is 5.31.